The topological polar surface area (TPSA) is 95.9 Å². The molecule has 1 unspecified atom stereocenters. The number of nitrogens with zero attached hydrogens (tertiary/aromatic N) is 1. The van der Waals surface area contributed by atoms with E-state index in [0.717, 1.165) is 0 Å². The lowest BCUT2D eigenvalue weighted by Gasteiger charge is -2.29. The summed E-state index contributed by atoms with van der Waals surface area (Å²) in [5.41, 5.74) is 1.52. The van der Waals surface area contributed by atoms with E-state index in [4.69, 9.17) is 10.0 Å². The Morgan fingerprint density at radius 3 is 2.46 bits per heavy atom. The van der Waals surface area contributed by atoms with Crippen LogP contribution in [-0.4, -0.2) is 47.1 Å². The van der Waals surface area contributed by atoms with Gasteiger partial charge in [-0.25, -0.2) is 13.9 Å². The van der Waals surface area contributed by atoms with E-state index in [9.17, 15) is 13.2 Å². The molecule has 0 aliphatic heterocycles. The van der Waals surface area contributed by atoms with Gasteiger partial charge in [0.15, 0.2) is 0 Å². The summed E-state index contributed by atoms with van der Waals surface area (Å²) in [6.45, 7) is 7.19. The molecule has 1 amide bonds. The molecule has 1 atom stereocenters. The number of carbonyl (C=O) groups is 1. The fourth-order valence-corrected chi connectivity index (χ4v) is 4.27. The molecule has 9 heteroatoms. The van der Waals surface area contributed by atoms with Crippen molar-refractivity contribution in [3.05, 3.63) is 30.3 Å². The lowest BCUT2D eigenvalue weighted by molar-refractivity contribution is -0.148. The monoisotopic (exact) mass is 400 g/mol. The van der Waals surface area contributed by atoms with Crippen LogP contribution in [-0.2, 0) is 19.7 Å². The highest BCUT2D eigenvalue weighted by Crippen LogP contribution is 2.27. The van der Waals surface area contributed by atoms with Crippen LogP contribution in [0, 0.1) is 11.8 Å². The second-order valence-electron chi connectivity index (χ2n) is 6.19. The zero-order valence-electron chi connectivity index (χ0n) is 15.2. The quantitative estimate of drug-likeness (QED) is 0.394. The van der Waals surface area contributed by atoms with Crippen molar-refractivity contribution in [1.29, 1.82) is 0 Å². The van der Waals surface area contributed by atoms with Gasteiger partial charge in [0.1, 0.15) is 12.6 Å². The van der Waals surface area contributed by atoms with Crippen LogP contribution in [0.3, 0.4) is 0 Å². The van der Waals surface area contributed by atoms with Crippen LogP contribution >= 0.6 is 11.8 Å². The van der Waals surface area contributed by atoms with Crippen molar-refractivity contribution in [3.8, 4) is 11.8 Å². The first-order valence-corrected chi connectivity index (χ1v) is 10.3. The Kier molecular flexibility index (Phi) is 8.59. The minimum Gasteiger partial charge on any atom is -0.289 e. The summed E-state index contributed by atoms with van der Waals surface area (Å²) < 4.78 is 26.4. The molecule has 0 saturated carbocycles. The minimum absolute atomic E-state index is 0.0269. The summed E-state index contributed by atoms with van der Waals surface area (Å²) in [6.07, 6.45) is 0. The van der Waals surface area contributed by atoms with E-state index in [1.165, 1.54) is 29.4 Å². The number of hydroxylamine groups is 2. The Bertz CT molecular complexity index is 749. The molecular formula is C17H24N2O5S2. The number of sulfonamides is 1. The van der Waals surface area contributed by atoms with Crippen LogP contribution in [0.25, 0.3) is 0 Å². The lowest BCUT2D eigenvalue weighted by Crippen LogP contribution is -2.50. The SMILES string of the molecule is CC#CCON(C(CSC(C)(C)C)C(=O)NO)S(=O)(=O)c1ccccc1. The largest absolute Gasteiger partial charge is 0.289 e. The molecule has 1 aromatic rings. The second-order valence-corrected chi connectivity index (χ2v) is 9.82. The van der Waals surface area contributed by atoms with Crippen molar-refractivity contribution < 1.29 is 23.3 Å². The van der Waals surface area contributed by atoms with Crippen molar-refractivity contribution in [2.45, 2.75) is 43.4 Å². The normalized spacial score (nSPS) is 13.0. The molecule has 0 fully saturated rings. The van der Waals surface area contributed by atoms with Gasteiger partial charge in [-0.1, -0.05) is 49.4 Å². The summed E-state index contributed by atoms with van der Waals surface area (Å²) >= 11 is 1.37. The molecule has 2 N–H and O–H groups in total. The number of hydrogen-bond acceptors (Lipinski definition) is 6. The zero-order chi connectivity index (χ0) is 19.8. The van der Waals surface area contributed by atoms with Gasteiger partial charge in [0.2, 0.25) is 0 Å². The standard InChI is InChI=1S/C17H24N2O5S2/c1-5-6-12-24-19(26(22,23)14-10-8-7-9-11-14)15(16(20)18-21)13-25-17(2,3)4/h7-11,15,21H,12-13H2,1-4H3,(H,18,20). The first kappa shape index (κ1) is 22.5. The zero-order valence-corrected chi connectivity index (χ0v) is 16.9. The minimum atomic E-state index is -4.15. The van der Waals surface area contributed by atoms with Gasteiger partial charge in [0.05, 0.1) is 4.90 Å². The number of thioether (sulfide) groups is 1. The highest BCUT2D eigenvalue weighted by molar-refractivity contribution is 8.00. The van der Waals surface area contributed by atoms with Crippen molar-refractivity contribution in [1.82, 2.24) is 9.95 Å². The Hall–Kier alpha value is -1.57. The Morgan fingerprint density at radius 1 is 1.35 bits per heavy atom. The van der Waals surface area contributed by atoms with E-state index in [-0.39, 0.29) is 22.0 Å². The second kappa shape index (κ2) is 9.94. The fraction of sp³-hybridized carbons (Fsp3) is 0.471. The van der Waals surface area contributed by atoms with E-state index in [2.05, 4.69) is 11.8 Å². The van der Waals surface area contributed by atoms with E-state index >= 15 is 0 Å². The van der Waals surface area contributed by atoms with Crippen LogP contribution in [0.4, 0.5) is 0 Å². The van der Waals surface area contributed by atoms with Crippen LogP contribution in [0.1, 0.15) is 27.7 Å². The van der Waals surface area contributed by atoms with Crippen molar-refractivity contribution in [2.24, 2.45) is 0 Å². The average molecular weight is 401 g/mol. The number of hydrogen-bond donors (Lipinski definition) is 2. The van der Waals surface area contributed by atoms with E-state index in [1.54, 1.807) is 25.1 Å². The molecule has 0 spiro atoms. The van der Waals surface area contributed by atoms with Gasteiger partial charge < -0.3 is 0 Å². The van der Waals surface area contributed by atoms with Crippen molar-refractivity contribution >= 4 is 27.7 Å². The molecule has 1 rings (SSSR count). The van der Waals surface area contributed by atoms with Crippen LogP contribution in [0.5, 0.6) is 0 Å². The summed E-state index contributed by atoms with van der Waals surface area (Å²) in [5.74, 6) is 4.41. The number of benzene rings is 1. The molecule has 0 heterocycles. The Morgan fingerprint density at radius 2 is 1.96 bits per heavy atom. The van der Waals surface area contributed by atoms with Gasteiger partial charge in [0, 0.05) is 10.5 Å². The highest BCUT2D eigenvalue weighted by atomic mass is 32.2. The number of rotatable bonds is 8. The predicted molar refractivity (Wildman–Crippen MR) is 101 cm³/mol. The molecular weight excluding hydrogens is 376 g/mol. The molecule has 0 bridgehead atoms. The van der Waals surface area contributed by atoms with Crippen molar-refractivity contribution in [3.63, 3.8) is 0 Å². The average Bonchev–Trinajstić information content (AvgIpc) is 2.59. The number of amides is 1. The molecule has 0 aromatic heterocycles. The maximum atomic E-state index is 13.0. The van der Waals surface area contributed by atoms with E-state index in [0.29, 0.717) is 4.47 Å². The Labute approximate surface area is 159 Å². The smallest absolute Gasteiger partial charge is 0.265 e. The van der Waals surface area contributed by atoms with Gasteiger partial charge in [0.25, 0.3) is 15.9 Å². The Balaban J connectivity index is 3.29. The third-order valence-corrected chi connectivity index (χ3v) is 6.11. The fourth-order valence-electron chi connectivity index (χ4n) is 1.83. The maximum absolute atomic E-state index is 13.0. The van der Waals surface area contributed by atoms with Crippen LogP contribution in [0.2, 0.25) is 0 Å². The first-order chi connectivity index (χ1) is 12.1. The summed E-state index contributed by atoms with van der Waals surface area (Å²) in [6, 6.07) is 6.36. The van der Waals surface area contributed by atoms with Gasteiger partial charge in [-0.3, -0.25) is 14.8 Å². The molecule has 0 radical (unpaired) electrons. The van der Waals surface area contributed by atoms with Gasteiger partial charge in [-0.05, 0) is 19.1 Å². The molecule has 0 saturated heterocycles. The summed E-state index contributed by atoms with van der Waals surface area (Å²) in [7, 11) is -4.15. The summed E-state index contributed by atoms with van der Waals surface area (Å²) in [5, 5.41) is 9.08. The lowest BCUT2D eigenvalue weighted by atomic mass is 10.3. The molecule has 0 aliphatic carbocycles. The van der Waals surface area contributed by atoms with Gasteiger partial charge in [-0.15, -0.1) is 5.92 Å². The van der Waals surface area contributed by atoms with Crippen LogP contribution < -0.4 is 5.48 Å². The van der Waals surface area contributed by atoms with Crippen LogP contribution in [0.15, 0.2) is 35.2 Å². The molecule has 144 valence electrons. The number of nitrogens with one attached hydrogen (secondary N) is 1. The highest BCUT2D eigenvalue weighted by Gasteiger charge is 2.38. The third-order valence-electron chi connectivity index (χ3n) is 3.06. The maximum Gasteiger partial charge on any atom is 0.265 e. The van der Waals surface area contributed by atoms with E-state index < -0.39 is 22.0 Å². The van der Waals surface area contributed by atoms with Gasteiger partial charge >= 0.3 is 0 Å². The van der Waals surface area contributed by atoms with E-state index in [1.807, 2.05) is 20.8 Å². The molecule has 0 aliphatic rings. The predicted octanol–water partition coefficient (Wildman–Crippen LogP) is 2.04. The molecule has 26 heavy (non-hydrogen) atoms. The first-order valence-electron chi connectivity index (χ1n) is 7.83. The van der Waals surface area contributed by atoms with Gasteiger partial charge in [-0.2, -0.15) is 11.8 Å². The molecule has 1 aromatic carbocycles. The molecule has 7 nitrogen and oxygen atoms in total. The van der Waals surface area contributed by atoms with Crippen molar-refractivity contribution in [2.75, 3.05) is 12.4 Å². The third kappa shape index (κ3) is 6.63. The summed E-state index contributed by atoms with van der Waals surface area (Å²) in [4.78, 5) is 17.5. The number of carbonyl (C=O) groups excluding carboxylic acids is 1.